The van der Waals surface area contributed by atoms with Crippen molar-refractivity contribution >= 4 is 17.7 Å². The van der Waals surface area contributed by atoms with E-state index >= 15 is 0 Å². The molecular formula is C22H27FN2O4. The highest BCUT2D eigenvalue weighted by atomic mass is 19.1. The first kappa shape index (κ1) is 22.2. The number of carbonyl (C=O) groups is 2. The number of hydrogen-bond acceptors (Lipinski definition) is 5. The van der Waals surface area contributed by atoms with E-state index in [-0.39, 0.29) is 12.2 Å². The van der Waals surface area contributed by atoms with Crippen LogP contribution in [0.5, 0.6) is 0 Å². The number of anilines is 1. The molecule has 2 rings (SSSR count). The third-order valence-corrected chi connectivity index (χ3v) is 4.01. The molecule has 0 fully saturated rings. The van der Waals surface area contributed by atoms with Crippen molar-refractivity contribution in [3.05, 3.63) is 65.5 Å². The first-order valence-corrected chi connectivity index (χ1v) is 9.31. The van der Waals surface area contributed by atoms with Crippen LogP contribution < -0.4 is 10.6 Å². The summed E-state index contributed by atoms with van der Waals surface area (Å²) in [6.45, 7) is 5.59. The average Bonchev–Trinajstić information content (AvgIpc) is 2.66. The second-order valence-electron chi connectivity index (χ2n) is 7.57. The Morgan fingerprint density at radius 2 is 1.72 bits per heavy atom. The Hall–Kier alpha value is -3.09. The fourth-order valence-electron chi connectivity index (χ4n) is 2.62. The molecule has 29 heavy (non-hydrogen) atoms. The van der Waals surface area contributed by atoms with Gasteiger partial charge in [0.2, 0.25) is 0 Å². The van der Waals surface area contributed by atoms with E-state index in [0.717, 1.165) is 11.3 Å². The minimum absolute atomic E-state index is 0.250. The fourth-order valence-corrected chi connectivity index (χ4v) is 2.62. The fraction of sp³-hybridized carbons (Fsp3) is 0.364. The lowest BCUT2D eigenvalue weighted by Crippen LogP contribution is -2.45. The predicted molar refractivity (Wildman–Crippen MR) is 109 cm³/mol. The van der Waals surface area contributed by atoms with Gasteiger partial charge in [-0.3, -0.25) is 0 Å². The van der Waals surface area contributed by atoms with Gasteiger partial charge in [-0.05, 0) is 44.5 Å². The van der Waals surface area contributed by atoms with Crippen LogP contribution in [-0.2, 0) is 27.2 Å². The van der Waals surface area contributed by atoms with Crippen molar-refractivity contribution in [1.82, 2.24) is 5.32 Å². The van der Waals surface area contributed by atoms with Crippen LogP contribution in [0.1, 0.15) is 31.9 Å². The minimum atomic E-state index is -0.868. The molecule has 0 aliphatic rings. The number of nitrogens with one attached hydrogen (secondary N) is 2. The molecule has 0 aromatic heterocycles. The lowest BCUT2D eigenvalue weighted by atomic mass is 10.1. The number of ether oxygens (including phenoxy) is 2. The molecular weight excluding hydrogens is 375 g/mol. The number of esters is 1. The molecule has 2 aromatic carbocycles. The van der Waals surface area contributed by atoms with Gasteiger partial charge in [-0.2, -0.15) is 0 Å². The maximum absolute atomic E-state index is 13.7. The summed E-state index contributed by atoms with van der Waals surface area (Å²) in [7, 11) is 1.27. The SMILES string of the molecule is COC(=O)[C@H](Cc1ccc(NCc2ccccc2F)cc1)NC(=O)OC(C)(C)C. The number of alkyl carbamates (subject to hydrolysis) is 1. The maximum atomic E-state index is 13.7. The average molecular weight is 402 g/mol. The second kappa shape index (κ2) is 9.91. The van der Waals surface area contributed by atoms with Gasteiger partial charge in [0.15, 0.2) is 0 Å². The largest absolute Gasteiger partial charge is 0.467 e. The van der Waals surface area contributed by atoms with Crippen molar-refractivity contribution in [2.45, 2.75) is 45.4 Å². The quantitative estimate of drug-likeness (QED) is 0.684. The highest BCUT2D eigenvalue weighted by Crippen LogP contribution is 2.15. The normalized spacial score (nSPS) is 12.0. The summed E-state index contributed by atoms with van der Waals surface area (Å²) < 4.78 is 23.7. The Kier molecular flexibility index (Phi) is 7.59. The van der Waals surface area contributed by atoms with Gasteiger partial charge in [-0.1, -0.05) is 30.3 Å². The summed E-state index contributed by atoms with van der Waals surface area (Å²) in [4.78, 5) is 24.0. The molecule has 0 saturated heterocycles. The van der Waals surface area contributed by atoms with Gasteiger partial charge in [0.1, 0.15) is 17.5 Å². The van der Waals surface area contributed by atoms with E-state index < -0.39 is 23.7 Å². The lowest BCUT2D eigenvalue weighted by Gasteiger charge is -2.22. The van der Waals surface area contributed by atoms with E-state index in [1.807, 2.05) is 24.3 Å². The summed E-state index contributed by atoms with van der Waals surface area (Å²) in [5.41, 5.74) is 1.54. The van der Waals surface area contributed by atoms with Crippen molar-refractivity contribution in [2.75, 3.05) is 12.4 Å². The number of rotatable bonds is 7. The van der Waals surface area contributed by atoms with Crippen LogP contribution >= 0.6 is 0 Å². The topological polar surface area (TPSA) is 76.7 Å². The molecule has 0 spiro atoms. The molecule has 0 radical (unpaired) electrons. The number of halogens is 1. The molecule has 0 unspecified atom stereocenters. The summed E-state index contributed by atoms with van der Waals surface area (Å²) in [6.07, 6.45) is -0.435. The molecule has 7 heteroatoms. The summed E-state index contributed by atoms with van der Waals surface area (Å²) in [6, 6.07) is 13.0. The molecule has 1 amide bonds. The number of carbonyl (C=O) groups excluding carboxylic acids is 2. The Balaban J connectivity index is 1.98. The Labute approximate surface area is 170 Å². The molecule has 0 saturated carbocycles. The van der Waals surface area contributed by atoms with E-state index in [9.17, 15) is 14.0 Å². The summed E-state index contributed by atoms with van der Waals surface area (Å²) in [5, 5.41) is 5.70. The zero-order valence-electron chi connectivity index (χ0n) is 17.1. The number of methoxy groups -OCH3 is 1. The van der Waals surface area contributed by atoms with E-state index in [0.29, 0.717) is 12.1 Å². The van der Waals surface area contributed by atoms with Gasteiger partial charge in [0.05, 0.1) is 7.11 Å². The molecule has 0 heterocycles. The van der Waals surface area contributed by atoms with Crippen molar-refractivity contribution in [3.63, 3.8) is 0 Å². The first-order valence-electron chi connectivity index (χ1n) is 9.31. The Bertz CT molecular complexity index is 831. The first-order chi connectivity index (χ1) is 13.7. The monoisotopic (exact) mass is 402 g/mol. The van der Waals surface area contributed by atoms with Gasteiger partial charge in [0, 0.05) is 24.2 Å². The third-order valence-electron chi connectivity index (χ3n) is 4.01. The molecule has 2 N–H and O–H groups in total. The van der Waals surface area contributed by atoms with Crippen molar-refractivity contribution in [2.24, 2.45) is 0 Å². The summed E-state index contributed by atoms with van der Waals surface area (Å²) >= 11 is 0. The van der Waals surface area contributed by atoms with Crippen LogP contribution in [-0.4, -0.2) is 30.8 Å². The molecule has 6 nitrogen and oxygen atoms in total. The molecule has 0 aliphatic carbocycles. The predicted octanol–water partition coefficient (Wildman–Crippen LogP) is 4.05. The van der Waals surface area contributed by atoms with Gasteiger partial charge < -0.3 is 20.1 Å². The van der Waals surface area contributed by atoms with Gasteiger partial charge in [-0.25, -0.2) is 14.0 Å². The van der Waals surface area contributed by atoms with Crippen LogP contribution in [0.15, 0.2) is 48.5 Å². The number of benzene rings is 2. The molecule has 0 bridgehead atoms. The highest BCUT2D eigenvalue weighted by molar-refractivity contribution is 5.81. The van der Waals surface area contributed by atoms with Gasteiger partial charge >= 0.3 is 12.1 Å². The van der Waals surface area contributed by atoms with E-state index in [2.05, 4.69) is 10.6 Å². The lowest BCUT2D eigenvalue weighted by molar-refractivity contribution is -0.143. The number of hydrogen-bond donors (Lipinski definition) is 2. The Morgan fingerprint density at radius 1 is 1.07 bits per heavy atom. The Morgan fingerprint density at radius 3 is 2.31 bits per heavy atom. The standard InChI is InChI=1S/C22H27FN2O4/c1-22(2,3)29-21(27)25-19(20(26)28-4)13-15-9-11-17(12-10-15)24-14-16-7-5-6-8-18(16)23/h5-12,19,24H,13-14H2,1-4H3,(H,25,27)/t19-/m0/s1. The van der Waals surface area contributed by atoms with E-state index in [1.165, 1.54) is 13.2 Å². The molecule has 2 aromatic rings. The van der Waals surface area contributed by atoms with Crippen LogP contribution in [0.4, 0.5) is 14.9 Å². The summed E-state index contributed by atoms with van der Waals surface area (Å²) in [5.74, 6) is -0.816. The highest BCUT2D eigenvalue weighted by Gasteiger charge is 2.25. The van der Waals surface area contributed by atoms with Crippen LogP contribution in [0.2, 0.25) is 0 Å². The molecule has 156 valence electrons. The third kappa shape index (κ3) is 7.44. The van der Waals surface area contributed by atoms with Gasteiger partial charge in [-0.15, -0.1) is 0 Å². The van der Waals surface area contributed by atoms with Crippen LogP contribution in [0.3, 0.4) is 0 Å². The minimum Gasteiger partial charge on any atom is -0.467 e. The van der Waals surface area contributed by atoms with Crippen molar-refractivity contribution in [1.29, 1.82) is 0 Å². The van der Waals surface area contributed by atoms with Crippen molar-refractivity contribution in [3.8, 4) is 0 Å². The number of amides is 1. The zero-order chi connectivity index (χ0) is 21.4. The van der Waals surface area contributed by atoms with Crippen LogP contribution in [0, 0.1) is 5.82 Å². The smallest absolute Gasteiger partial charge is 0.408 e. The molecule has 1 atom stereocenters. The zero-order valence-corrected chi connectivity index (χ0v) is 17.1. The van der Waals surface area contributed by atoms with Gasteiger partial charge in [0.25, 0.3) is 0 Å². The molecule has 0 aliphatic heterocycles. The second-order valence-corrected chi connectivity index (χ2v) is 7.57. The van der Waals surface area contributed by atoms with E-state index in [1.54, 1.807) is 39.0 Å². The van der Waals surface area contributed by atoms with E-state index in [4.69, 9.17) is 9.47 Å². The maximum Gasteiger partial charge on any atom is 0.408 e. The van der Waals surface area contributed by atoms with Crippen LogP contribution in [0.25, 0.3) is 0 Å². The van der Waals surface area contributed by atoms with Crippen molar-refractivity contribution < 1.29 is 23.5 Å².